The van der Waals surface area contributed by atoms with Gasteiger partial charge in [-0.1, -0.05) is 0 Å². The van der Waals surface area contributed by atoms with E-state index in [0.717, 1.165) is 4.73 Å². The Morgan fingerprint density at radius 3 is 2.70 bits per heavy atom. The van der Waals surface area contributed by atoms with Gasteiger partial charge in [-0.05, 0) is 6.07 Å². The first-order valence-electron chi connectivity index (χ1n) is 6.37. The molecule has 0 radical (unpaired) electrons. The Morgan fingerprint density at radius 2 is 2.09 bits per heavy atom. The molecule has 1 aliphatic rings. The number of hydrogen-bond acceptors (Lipinski definition) is 7. The van der Waals surface area contributed by atoms with E-state index in [1.54, 1.807) is 0 Å². The Balaban J connectivity index is 2.02. The summed E-state index contributed by atoms with van der Waals surface area (Å²) in [5.41, 5.74) is 5.26. The minimum Gasteiger partial charge on any atom is -0.387 e. The first-order valence-corrected chi connectivity index (χ1v) is 7.90. The molecule has 2 heterocycles. The van der Waals surface area contributed by atoms with Crippen LogP contribution in [-0.2, 0) is 13.8 Å². The van der Waals surface area contributed by atoms with Crippen molar-refractivity contribution in [2.45, 2.75) is 24.6 Å². The molecule has 0 spiro atoms. The van der Waals surface area contributed by atoms with Crippen molar-refractivity contribution in [2.75, 3.05) is 6.61 Å². The molecule has 0 bridgehead atoms. The van der Waals surface area contributed by atoms with E-state index in [2.05, 4.69) is 4.52 Å². The summed E-state index contributed by atoms with van der Waals surface area (Å²) in [6.45, 7) is -0.644. The van der Waals surface area contributed by atoms with Crippen molar-refractivity contribution < 1.29 is 48.2 Å². The van der Waals surface area contributed by atoms with Gasteiger partial charge in [0.15, 0.2) is 6.10 Å². The molecule has 12 heteroatoms. The van der Waals surface area contributed by atoms with Crippen molar-refractivity contribution in [3.63, 3.8) is 0 Å². The van der Waals surface area contributed by atoms with Crippen molar-refractivity contribution in [1.82, 2.24) is 0 Å². The molecule has 6 N–H and O–H groups in total. The van der Waals surface area contributed by atoms with Gasteiger partial charge in [-0.2, -0.15) is 0 Å². The van der Waals surface area contributed by atoms with Crippen LogP contribution in [0.3, 0.4) is 0 Å². The summed E-state index contributed by atoms with van der Waals surface area (Å²) in [5, 5.41) is 19.6. The zero-order valence-electron chi connectivity index (χ0n) is 11.6. The fourth-order valence-corrected chi connectivity index (χ4v) is 2.24. The topological polar surface area (TPSA) is 173 Å². The van der Waals surface area contributed by atoms with Gasteiger partial charge in [0.05, 0.1) is 6.61 Å². The molecule has 0 aliphatic carbocycles. The number of phosphoric acid groups is 1. The molecule has 11 nitrogen and oxygen atoms in total. The van der Waals surface area contributed by atoms with Crippen LogP contribution >= 0.6 is 7.82 Å². The third-order valence-electron chi connectivity index (χ3n) is 3.01. The number of primary amides is 1. The standard InChI is InChI=1S/C11H15N2O9P/c12-10(16)6-2-1-3-13(4-6)22-11-9(15)8(14)7(21-11)5-20-23(17,18)19/h1-4,7-9,11,14-15H,5H2,(H3-,12,16,17,18,19)/p+1/t7-,8-,9-,11+/m1/s1. The molecule has 1 fully saturated rings. The van der Waals surface area contributed by atoms with Crippen LogP contribution < -0.4 is 15.3 Å². The van der Waals surface area contributed by atoms with Gasteiger partial charge in [-0.15, -0.1) is 0 Å². The third kappa shape index (κ3) is 4.69. The maximum absolute atomic E-state index is 11.1. The number of aliphatic hydroxyl groups is 2. The van der Waals surface area contributed by atoms with E-state index in [4.69, 9.17) is 25.1 Å². The molecule has 0 saturated carbocycles. The number of nitrogens with two attached hydrogens (primary N) is 1. The highest BCUT2D eigenvalue weighted by molar-refractivity contribution is 7.46. The van der Waals surface area contributed by atoms with Gasteiger partial charge in [0.2, 0.25) is 12.4 Å². The van der Waals surface area contributed by atoms with E-state index in [0.29, 0.717) is 0 Å². The number of hydrogen-bond donors (Lipinski definition) is 5. The maximum Gasteiger partial charge on any atom is 0.469 e. The molecule has 1 amide bonds. The molecular formula is C11H16N2O9P+. The van der Waals surface area contributed by atoms with Gasteiger partial charge in [0.1, 0.15) is 17.8 Å². The molecular weight excluding hydrogens is 335 g/mol. The lowest BCUT2D eigenvalue weighted by Gasteiger charge is -2.14. The van der Waals surface area contributed by atoms with E-state index >= 15 is 0 Å². The zero-order valence-corrected chi connectivity index (χ0v) is 12.5. The Morgan fingerprint density at radius 1 is 1.39 bits per heavy atom. The van der Waals surface area contributed by atoms with E-state index in [-0.39, 0.29) is 5.56 Å². The van der Waals surface area contributed by atoms with Crippen LogP contribution in [0.2, 0.25) is 0 Å². The molecule has 1 saturated heterocycles. The summed E-state index contributed by atoms with van der Waals surface area (Å²) < 4.78 is 21.1. The number of carbonyl (C=O) groups is 1. The Hall–Kier alpha value is -1.59. The highest BCUT2D eigenvalue weighted by Crippen LogP contribution is 2.37. The van der Waals surface area contributed by atoms with Gasteiger partial charge >= 0.3 is 7.82 Å². The lowest BCUT2D eigenvalue weighted by molar-refractivity contribution is -0.907. The second-order valence-corrected chi connectivity index (χ2v) is 5.97. The van der Waals surface area contributed by atoms with Crippen molar-refractivity contribution in [3.05, 3.63) is 30.1 Å². The van der Waals surface area contributed by atoms with Crippen molar-refractivity contribution in [1.29, 1.82) is 0 Å². The van der Waals surface area contributed by atoms with Crippen LogP contribution in [0, 0.1) is 0 Å². The predicted molar refractivity (Wildman–Crippen MR) is 70.4 cm³/mol. The van der Waals surface area contributed by atoms with Crippen molar-refractivity contribution in [2.24, 2.45) is 5.73 Å². The Kier molecular flexibility index (Phi) is 5.32. The lowest BCUT2D eigenvalue weighted by Crippen LogP contribution is -2.52. The number of amides is 1. The van der Waals surface area contributed by atoms with Gasteiger partial charge < -0.3 is 30.5 Å². The minimum absolute atomic E-state index is 0.141. The number of aliphatic hydroxyl groups excluding tert-OH is 2. The summed E-state index contributed by atoms with van der Waals surface area (Å²) in [5.74, 6) is -0.691. The molecule has 23 heavy (non-hydrogen) atoms. The second kappa shape index (κ2) is 6.89. The summed E-state index contributed by atoms with van der Waals surface area (Å²) >= 11 is 0. The average molecular weight is 351 g/mol. The number of pyridine rings is 1. The van der Waals surface area contributed by atoms with E-state index in [1.807, 2.05) is 0 Å². The van der Waals surface area contributed by atoms with Crippen LogP contribution in [0.25, 0.3) is 0 Å². The van der Waals surface area contributed by atoms with Crippen molar-refractivity contribution >= 4 is 13.7 Å². The first-order chi connectivity index (χ1) is 10.7. The fourth-order valence-electron chi connectivity index (χ4n) is 1.90. The smallest absolute Gasteiger partial charge is 0.387 e. The van der Waals surface area contributed by atoms with Gasteiger partial charge in [0.25, 0.3) is 12.2 Å². The quantitative estimate of drug-likeness (QED) is 0.265. The molecule has 0 unspecified atom stereocenters. The minimum atomic E-state index is -4.74. The SMILES string of the molecule is NC(=O)c1ccc[n+](O[C@@H]2O[C@H](COP(=O)(O)O)[C@@H](O)[C@H]2O)c1. The van der Waals surface area contributed by atoms with Crippen molar-refractivity contribution in [3.8, 4) is 0 Å². The van der Waals surface area contributed by atoms with E-state index in [1.165, 1.54) is 24.5 Å². The average Bonchev–Trinajstić information content (AvgIpc) is 2.73. The summed E-state index contributed by atoms with van der Waals surface area (Å²) in [6, 6.07) is 2.91. The highest BCUT2D eigenvalue weighted by Gasteiger charge is 2.47. The monoisotopic (exact) mass is 351 g/mol. The van der Waals surface area contributed by atoms with Crippen LogP contribution in [-0.4, -0.2) is 57.1 Å². The number of phosphoric ester groups is 1. The lowest BCUT2D eigenvalue weighted by atomic mass is 10.1. The van der Waals surface area contributed by atoms with Gasteiger partial charge in [-0.3, -0.25) is 9.32 Å². The van der Waals surface area contributed by atoms with E-state index < -0.39 is 44.9 Å². The number of aromatic nitrogens is 1. The molecule has 4 atom stereocenters. The van der Waals surface area contributed by atoms with Crippen LogP contribution in [0.15, 0.2) is 24.5 Å². The Bertz CT molecular complexity index is 621. The molecule has 128 valence electrons. The molecule has 0 aromatic carbocycles. The van der Waals surface area contributed by atoms with Crippen LogP contribution in [0.5, 0.6) is 0 Å². The number of nitrogens with zero attached hydrogens (tertiary/aromatic N) is 1. The highest BCUT2D eigenvalue weighted by atomic mass is 31.2. The molecule has 2 rings (SSSR count). The molecule has 1 aliphatic heterocycles. The summed E-state index contributed by atoms with van der Waals surface area (Å²) in [4.78, 5) is 33.6. The second-order valence-electron chi connectivity index (χ2n) is 4.73. The van der Waals surface area contributed by atoms with Gasteiger partial charge in [-0.25, -0.2) is 9.40 Å². The first kappa shape index (κ1) is 17.8. The van der Waals surface area contributed by atoms with Crippen LogP contribution in [0.1, 0.15) is 10.4 Å². The Labute approximate surface area is 130 Å². The molecule has 1 aromatic heterocycles. The number of carbonyl (C=O) groups excluding carboxylic acids is 1. The fraction of sp³-hybridized carbons (Fsp3) is 0.455. The van der Waals surface area contributed by atoms with Crippen LogP contribution in [0.4, 0.5) is 0 Å². The molecule has 1 aromatic rings. The zero-order chi connectivity index (χ0) is 17.2. The largest absolute Gasteiger partial charge is 0.469 e. The number of rotatable bonds is 6. The van der Waals surface area contributed by atoms with E-state index in [9.17, 15) is 19.6 Å². The predicted octanol–water partition coefficient (Wildman–Crippen LogP) is -2.94. The normalized spacial score (nSPS) is 27.8. The summed E-state index contributed by atoms with van der Waals surface area (Å²) in [7, 11) is -4.74. The third-order valence-corrected chi connectivity index (χ3v) is 3.50. The van der Waals surface area contributed by atoms with Gasteiger partial charge in [0, 0.05) is 10.8 Å². The summed E-state index contributed by atoms with van der Waals surface area (Å²) in [6.07, 6.45) is -2.89. The maximum atomic E-state index is 11.1. The number of ether oxygens (including phenoxy) is 1.